The molecule has 0 radical (unpaired) electrons. The van der Waals surface area contributed by atoms with Crippen molar-refractivity contribution in [2.75, 3.05) is 18.0 Å². The lowest BCUT2D eigenvalue weighted by Gasteiger charge is -2.23. The van der Waals surface area contributed by atoms with Crippen LogP contribution in [-0.2, 0) is 0 Å². The van der Waals surface area contributed by atoms with E-state index in [-0.39, 0.29) is 0 Å². The van der Waals surface area contributed by atoms with Crippen molar-refractivity contribution in [3.8, 4) is 0 Å². The number of rotatable bonds is 2. The molecule has 0 aromatic carbocycles. The Labute approximate surface area is 118 Å². The Balaban J connectivity index is 1.75. The largest absolute Gasteiger partial charge is 0.355 e. The van der Waals surface area contributed by atoms with Crippen molar-refractivity contribution >= 4 is 5.82 Å². The van der Waals surface area contributed by atoms with Crippen LogP contribution in [0.5, 0.6) is 0 Å². The van der Waals surface area contributed by atoms with Crippen molar-refractivity contribution < 1.29 is 0 Å². The van der Waals surface area contributed by atoms with Gasteiger partial charge in [0.05, 0.1) is 23.6 Å². The average molecular weight is 272 g/mol. The molecule has 3 rings (SSSR count). The molecule has 3 heterocycles. The van der Waals surface area contributed by atoms with Crippen LogP contribution in [-0.4, -0.2) is 38.1 Å². The minimum atomic E-state index is 0.445. The lowest BCUT2D eigenvalue weighted by molar-refractivity contribution is 0.406. The second kappa shape index (κ2) is 5.56. The second-order valence-corrected chi connectivity index (χ2v) is 5.38. The standard InChI is InChI=1S/C14H20N6/c1-11-10-15-12(2)14(17-11)19-7-3-4-13(5-8-19)20-9-6-16-18-20/h6,9-10,13H,3-5,7-8H2,1-2H3. The summed E-state index contributed by atoms with van der Waals surface area (Å²) in [5, 5.41) is 8.04. The van der Waals surface area contributed by atoms with E-state index in [1.807, 2.05) is 30.9 Å². The fourth-order valence-electron chi connectivity index (χ4n) is 2.79. The van der Waals surface area contributed by atoms with Crippen molar-refractivity contribution in [1.29, 1.82) is 0 Å². The van der Waals surface area contributed by atoms with Crippen LogP contribution in [0.2, 0.25) is 0 Å². The number of anilines is 1. The smallest absolute Gasteiger partial charge is 0.150 e. The quantitative estimate of drug-likeness (QED) is 0.836. The molecular weight excluding hydrogens is 252 g/mol. The SMILES string of the molecule is Cc1cnc(C)c(N2CCCC(n3ccnn3)CC2)n1. The molecule has 0 amide bonds. The Bertz CT molecular complexity index is 565. The van der Waals surface area contributed by atoms with Crippen LogP contribution in [0.15, 0.2) is 18.6 Å². The highest BCUT2D eigenvalue weighted by Gasteiger charge is 2.21. The van der Waals surface area contributed by atoms with Crippen molar-refractivity contribution in [3.63, 3.8) is 0 Å². The highest BCUT2D eigenvalue weighted by Crippen LogP contribution is 2.25. The first kappa shape index (κ1) is 13.0. The summed E-state index contributed by atoms with van der Waals surface area (Å²) in [5.41, 5.74) is 1.98. The van der Waals surface area contributed by atoms with Crippen LogP contribution < -0.4 is 4.90 Å². The van der Waals surface area contributed by atoms with Gasteiger partial charge in [-0.15, -0.1) is 5.10 Å². The second-order valence-electron chi connectivity index (χ2n) is 5.38. The summed E-state index contributed by atoms with van der Waals surface area (Å²) >= 11 is 0. The van der Waals surface area contributed by atoms with Crippen LogP contribution in [0.1, 0.15) is 36.7 Å². The van der Waals surface area contributed by atoms with E-state index in [1.54, 1.807) is 6.20 Å². The van der Waals surface area contributed by atoms with Crippen molar-refractivity contribution in [1.82, 2.24) is 25.0 Å². The Morgan fingerprint density at radius 2 is 2.10 bits per heavy atom. The highest BCUT2D eigenvalue weighted by atomic mass is 15.4. The molecule has 6 heteroatoms. The van der Waals surface area contributed by atoms with Gasteiger partial charge in [0.2, 0.25) is 0 Å². The van der Waals surface area contributed by atoms with Gasteiger partial charge in [0, 0.05) is 25.5 Å². The maximum Gasteiger partial charge on any atom is 0.150 e. The Kier molecular flexibility index (Phi) is 3.62. The van der Waals surface area contributed by atoms with Crippen molar-refractivity contribution in [3.05, 3.63) is 30.0 Å². The van der Waals surface area contributed by atoms with E-state index >= 15 is 0 Å². The minimum Gasteiger partial charge on any atom is -0.355 e. The molecule has 2 aromatic rings. The minimum absolute atomic E-state index is 0.445. The lowest BCUT2D eigenvalue weighted by Crippen LogP contribution is -2.26. The molecule has 1 saturated heterocycles. The Hall–Kier alpha value is -1.98. The third kappa shape index (κ3) is 2.64. The van der Waals surface area contributed by atoms with Crippen LogP contribution in [0.25, 0.3) is 0 Å². The Morgan fingerprint density at radius 1 is 1.20 bits per heavy atom. The summed E-state index contributed by atoms with van der Waals surface area (Å²) in [7, 11) is 0. The molecule has 1 fully saturated rings. The average Bonchev–Trinajstić information content (AvgIpc) is 2.87. The molecule has 2 aromatic heterocycles. The van der Waals surface area contributed by atoms with Gasteiger partial charge in [0.25, 0.3) is 0 Å². The number of nitrogens with zero attached hydrogens (tertiary/aromatic N) is 6. The molecule has 1 aliphatic heterocycles. The predicted molar refractivity (Wildman–Crippen MR) is 76.6 cm³/mol. The highest BCUT2D eigenvalue weighted by molar-refractivity contribution is 5.43. The molecule has 0 bridgehead atoms. The molecule has 20 heavy (non-hydrogen) atoms. The summed E-state index contributed by atoms with van der Waals surface area (Å²) < 4.78 is 1.98. The zero-order valence-electron chi connectivity index (χ0n) is 12.0. The summed E-state index contributed by atoms with van der Waals surface area (Å²) in [5.74, 6) is 1.03. The van der Waals surface area contributed by atoms with Crippen molar-refractivity contribution in [2.24, 2.45) is 0 Å². The van der Waals surface area contributed by atoms with Crippen molar-refractivity contribution in [2.45, 2.75) is 39.2 Å². The Morgan fingerprint density at radius 3 is 2.90 bits per heavy atom. The van der Waals surface area contributed by atoms with E-state index in [0.717, 1.165) is 49.6 Å². The molecule has 1 atom stereocenters. The van der Waals surface area contributed by atoms with E-state index in [2.05, 4.69) is 25.2 Å². The van der Waals surface area contributed by atoms with E-state index in [1.165, 1.54) is 0 Å². The van der Waals surface area contributed by atoms with Crippen LogP contribution in [0.3, 0.4) is 0 Å². The van der Waals surface area contributed by atoms with E-state index in [9.17, 15) is 0 Å². The summed E-state index contributed by atoms with van der Waals surface area (Å²) in [6.45, 7) is 6.04. The van der Waals surface area contributed by atoms with Gasteiger partial charge in [-0.3, -0.25) is 4.98 Å². The normalized spacial score (nSPS) is 19.9. The topological polar surface area (TPSA) is 59.7 Å². The fraction of sp³-hybridized carbons (Fsp3) is 0.571. The van der Waals surface area contributed by atoms with E-state index < -0.39 is 0 Å². The summed E-state index contributed by atoms with van der Waals surface area (Å²) in [6.07, 6.45) is 8.88. The van der Waals surface area contributed by atoms with Gasteiger partial charge in [0.1, 0.15) is 5.82 Å². The third-order valence-corrected chi connectivity index (χ3v) is 3.86. The maximum absolute atomic E-state index is 4.65. The molecule has 106 valence electrons. The summed E-state index contributed by atoms with van der Waals surface area (Å²) in [6, 6.07) is 0.445. The maximum atomic E-state index is 4.65. The predicted octanol–water partition coefficient (Wildman–Crippen LogP) is 1.92. The molecule has 1 unspecified atom stereocenters. The molecular formula is C14H20N6. The van der Waals surface area contributed by atoms with Gasteiger partial charge >= 0.3 is 0 Å². The number of hydrogen-bond acceptors (Lipinski definition) is 5. The lowest BCUT2D eigenvalue weighted by atomic mass is 10.1. The molecule has 6 nitrogen and oxygen atoms in total. The van der Waals surface area contributed by atoms with Gasteiger partial charge in [-0.1, -0.05) is 5.21 Å². The third-order valence-electron chi connectivity index (χ3n) is 3.86. The molecule has 1 aliphatic rings. The van der Waals surface area contributed by atoms with Crippen LogP contribution >= 0.6 is 0 Å². The first-order valence-corrected chi connectivity index (χ1v) is 7.15. The van der Waals surface area contributed by atoms with Crippen LogP contribution in [0, 0.1) is 13.8 Å². The molecule has 0 N–H and O–H groups in total. The zero-order chi connectivity index (χ0) is 13.9. The number of aryl methyl sites for hydroxylation is 2. The number of aromatic nitrogens is 5. The van der Waals surface area contributed by atoms with Crippen LogP contribution in [0.4, 0.5) is 5.82 Å². The summed E-state index contributed by atoms with van der Waals surface area (Å²) in [4.78, 5) is 11.4. The van der Waals surface area contributed by atoms with E-state index in [0.29, 0.717) is 6.04 Å². The molecule has 0 saturated carbocycles. The van der Waals surface area contributed by atoms with E-state index in [4.69, 9.17) is 0 Å². The zero-order valence-corrected chi connectivity index (χ0v) is 12.0. The molecule has 0 aliphatic carbocycles. The van der Waals surface area contributed by atoms with Gasteiger partial charge in [-0.25, -0.2) is 9.67 Å². The fourth-order valence-corrected chi connectivity index (χ4v) is 2.79. The van der Waals surface area contributed by atoms with Gasteiger partial charge in [0.15, 0.2) is 0 Å². The first-order chi connectivity index (χ1) is 9.74. The molecule has 0 spiro atoms. The van der Waals surface area contributed by atoms with Gasteiger partial charge in [-0.2, -0.15) is 0 Å². The van der Waals surface area contributed by atoms with Gasteiger partial charge in [-0.05, 0) is 33.1 Å². The number of hydrogen-bond donors (Lipinski definition) is 0. The first-order valence-electron chi connectivity index (χ1n) is 7.15. The monoisotopic (exact) mass is 272 g/mol. The van der Waals surface area contributed by atoms with Gasteiger partial charge < -0.3 is 4.90 Å².